The Morgan fingerprint density at radius 3 is 1.85 bits per heavy atom. The second-order valence-corrected chi connectivity index (χ2v) is 6.38. The molecule has 1 atom stereocenters. The Bertz CT molecular complexity index is 210. The van der Waals surface area contributed by atoms with E-state index in [2.05, 4.69) is 20.8 Å². The van der Waals surface area contributed by atoms with Gasteiger partial charge in [-0.25, -0.2) is 0 Å². The molecule has 0 aliphatic heterocycles. The number of hydrogen-bond acceptors (Lipinski definition) is 1. The van der Waals surface area contributed by atoms with Crippen LogP contribution < -0.4 is 0 Å². The SMILES string of the molecule is CCCCCCCCCCC(=O)CC(CC)CCCC. The van der Waals surface area contributed by atoms with Gasteiger partial charge in [-0.05, 0) is 12.3 Å². The van der Waals surface area contributed by atoms with E-state index in [1.807, 2.05) is 0 Å². The molecule has 0 aliphatic rings. The highest BCUT2D eigenvalue weighted by Gasteiger charge is 2.11. The van der Waals surface area contributed by atoms with Crippen molar-refractivity contribution in [2.24, 2.45) is 5.92 Å². The minimum atomic E-state index is 0.513. The highest BCUT2D eigenvalue weighted by molar-refractivity contribution is 5.78. The smallest absolute Gasteiger partial charge is 0.133 e. The van der Waals surface area contributed by atoms with E-state index < -0.39 is 0 Å². The van der Waals surface area contributed by atoms with Crippen molar-refractivity contribution in [3.63, 3.8) is 0 Å². The molecule has 0 aromatic carbocycles. The molecule has 0 amide bonds. The average molecular weight is 283 g/mol. The number of rotatable bonds is 15. The molecule has 0 heterocycles. The molecule has 0 saturated heterocycles. The standard InChI is InChI=1S/C19H38O/c1-4-7-9-10-11-12-13-14-16-19(20)17-18(6-3)15-8-5-2/h18H,4-17H2,1-3H3. The molecule has 0 bridgehead atoms. The normalized spacial score (nSPS) is 12.6. The van der Waals surface area contributed by atoms with Crippen LogP contribution in [0, 0.1) is 5.92 Å². The highest BCUT2D eigenvalue weighted by atomic mass is 16.1. The van der Waals surface area contributed by atoms with E-state index in [0.29, 0.717) is 11.7 Å². The molecule has 0 spiro atoms. The van der Waals surface area contributed by atoms with Gasteiger partial charge in [-0.1, -0.05) is 91.4 Å². The quantitative estimate of drug-likeness (QED) is 0.306. The molecular formula is C19H38O. The van der Waals surface area contributed by atoms with E-state index in [0.717, 1.165) is 19.3 Å². The van der Waals surface area contributed by atoms with Crippen LogP contribution in [0.1, 0.15) is 111 Å². The van der Waals surface area contributed by atoms with Crippen molar-refractivity contribution in [3.05, 3.63) is 0 Å². The summed E-state index contributed by atoms with van der Waals surface area (Å²) in [7, 11) is 0. The molecule has 0 rings (SSSR count). The van der Waals surface area contributed by atoms with E-state index in [1.54, 1.807) is 0 Å². The molecule has 1 heteroatoms. The van der Waals surface area contributed by atoms with Gasteiger partial charge in [0.2, 0.25) is 0 Å². The van der Waals surface area contributed by atoms with E-state index in [4.69, 9.17) is 0 Å². The van der Waals surface area contributed by atoms with Crippen LogP contribution in [0.15, 0.2) is 0 Å². The van der Waals surface area contributed by atoms with Crippen molar-refractivity contribution >= 4 is 5.78 Å². The fraction of sp³-hybridized carbons (Fsp3) is 0.947. The zero-order valence-corrected chi connectivity index (χ0v) is 14.4. The number of ketones is 1. The Hall–Kier alpha value is -0.330. The van der Waals surface area contributed by atoms with Crippen LogP contribution in [-0.2, 0) is 4.79 Å². The molecular weight excluding hydrogens is 244 g/mol. The van der Waals surface area contributed by atoms with Crippen LogP contribution in [0.3, 0.4) is 0 Å². The predicted octanol–water partition coefficient (Wildman–Crippen LogP) is 6.69. The van der Waals surface area contributed by atoms with Gasteiger partial charge in [-0.2, -0.15) is 0 Å². The minimum Gasteiger partial charge on any atom is -0.300 e. The summed E-state index contributed by atoms with van der Waals surface area (Å²) in [5.74, 6) is 1.16. The van der Waals surface area contributed by atoms with Crippen molar-refractivity contribution in [2.45, 2.75) is 111 Å². The first-order valence-corrected chi connectivity index (χ1v) is 9.26. The van der Waals surface area contributed by atoms with Gasteiger partial charge in [0, 0.05) is 12.8 Å². The number of hydrogen-bond donors (Lipinski definition) is 0. The van der Waals surface area contributed by atoms with E-state index in [9.17, 15) is 4.79 Å². The summed E-state index contributed by atoms with van der Waals surface area (Å²) < 4.78 is 0. The van der Waals surface area contributed by atoms with Gasteiger partial charge in [0.25, 0.3) is 0 Å². The summed E-state index contributed by atoms with van der Waals surface area (Å²) in [5.41, 5.74) is 0. The lowest BCUT2D eigenvalue weighted by Crippen LogP contribution is -2.07. The predicted molar refractivity (Wildman–Crippen MR) is 90.2 cm³/mol. The third kappa shape index (κ3) is 12.7. The van der Waals surface area contributed by atoms with Crippen LogP contribution in [0.2, 0.25) is 0 Å². The van der Waals surface area contributed by atoms with Gasteiger partial charge < -0.3 is 0 Å². The lowest BCUT2D eigenvalue weighted by molar-refractivity contribution is -0.120. The first-order valence-electron chi connectivity index (χ1n) is 9.26. The summed E-state index contributed by atoms with van der Waals surface area (Å²) in [6, 6.07) is 0. The van der Waals surface area contributed by atoms with Crippen LogP contribution in [0.4, 0.5) is 0 Å². The van der Waals surface area contributed by atoms with E-state index in [1.165, 1.54) is 70.6 Å². The average Bonchev–Trinajstić information content (AvgIpc) is 2.46. The van der Waals surface area contributed by atoms with E-state index >= 15 is 0 Å². The third-order valence-corrected chi connectivity index (χ3v) is 4.37. The maximum absolute atomic E-state index is 11.9. The summed E-state index contributed by atoms with van der Waals surface area (Å²) in [4.78, 5) is 11.9. The molecule has 0 aliphatic carbocycles. The topological polar surface area (TPSA) is 17.1 Å². The number of unbranched alkanes of at least 4 members (excludes halogenated alkanes) is 8. The van der Waals surface area contributed by atoms with Gasteiger partial charge >= 0.3 is 0 Å². The fourth-order valence-corrected chi connectivity index (χ4v) is 2.82. The number of carbonyl (C=O) groups is 1. The second-order valence-electron chi connectivity index (χ2n) is 6.38. The molecule has 0 aromatic heterocycles. The lowest BCUT2D eigenvalue weighted by atomic mass is 9.92. The largest absolute Gasteiger partial charge is 0.300 e. The fourth-order valence-electron chi connectivity index (χ4n) is 2.82. The van der Waals surface area contributed by atoms with Crippen molar-refractivity contribution in [2.75, 3.05) is 0 Å². The van der Waals surface area contributed by atoms with Crippen molar-refractivity contribution in [1.82, 2.24) is 0 Å². The van der Waals surface area contributed by atoms with Gasteiger partial charge in [0.15, 0.2) is 0 Å². The van der Waals surface area contributed by atoms with Gasteiger partial charge in [0.05, 0.1) is 0 Å². The van der Waals surface area contributed by atoms with Gasteiger partial charge in [-0.15, -0.1) is 0 Å². The molecule has 0 radical (unpaired) electrons. The Morgan fingerprint density at radius 2 is 1.30 bits per heavy atom. The first-order chi connectivity index (χ1) is 9.74. The monoisotopic (exact) mass is 282 g/mol. The van der Waals surface area contributed by atoms with Gasteiger partial charge in [0.1, 0.15) is 5.78 Å². The minimum absolute atomic E-state index is 0.513. The zero-order valence-electron chi connectivity index (χ0n) is 14.4. The number of carbonyl (C=O) groups excluding carboxylic acids is 1. The maximum Gasteiger partial charge on any atom is 0.133 e. The molecule has 1 nitrogen and oxygen atoms in total. The van der Waals surface area contributed by atoms with Crippen molar-refractivity contribution in [1.29, 1.82) is 0 Å². The Balaban J connectivity index is 3.43. The first kappa shape index (κ1) is 19.7. The zero-order chi connectivity index (χ0) is 15.1. The Labute approximate surface area is 127 Å². The summed E-state index contributed by atoms with van der Waals surface area (Å²) in [6.45, 7) is 6.72. The molecule has 20 heavy (non-hydrogen) atoms. The molecule has 120 valence electrons. The van der Waals surface area contributed by atoms with Crippen LogP contribution in [0.25, 0.3) is 0 Å². The summed E-state index contributed by atoms with van der Waals surface area (Å²) in [5, 5.41) is 0. The molecule has 0 N–H and O–H groups in total. The van der Waals surface area contributed by atoms with Crippen LogP contribution in [-0.4, -0.2) is 5.78 Å². The molecule has 0 aromatic rings. The maximum atomic E-state index is 11.9. The van der Waals surface area contributed by atoms with Crippen LogP contribution >= 0.6 is 0 Å². The second kappa shape index (κ2) is 15.1. The Kier molecular flexibility index (Phi) is 14.8. The summed E-state index contributed by atoms with van der Waals surface area (Å²) >= 11 is 0. The summed E-state index contributed by atoms with van der Waals surface area (Å²) in [6.07, 6.45) is 17.2. The van der Waals surface area contributed by atoms with Crippen molar-refractivity contribution < 1.29 is 4.79 Å². The highest BCUT2D eigenvalue weighted by Crippen LogP contribution is 2.19. The third-order valence-electron chi connectivity index (χ3n) is 4.37. The number of Topliss-reactive ketones (excluding diaryl/α,β-unsaturated/α-hetero) is 1. The molecule has 0 saturated carbocycles. The van der Waals surface area contributed by atoms with Crippen molar-refractivity contribution in [3.8, 4) is 0 Å². The Morgan fingerprint density at radius 1 is 0.750 bits per heavy atom. The molecule has 1 unspecified atom stereocenters. The lowest BCUT2D eigenvalue weighted by Gasteiger charge is -2.13. The van der Waals surface area contributed by atoms with Gasteiger partial charge in [-0.3, -0.25) is 4.79 Å². The van der Waals surface area contributed by atoms with E-state index in [-0.39, 0.29) is 0 Å². The van der Waals surface area contributed by atoms with Crippen LogP contribution in [0.5, 0.6) is 0 Å². The molecule has 0 fully saturated rings.